The van der Waals surface area contributed by atoms with Crippen LogP contribution in [-0.2, 0) is 11.3 Å². The molecular weight excluding hydrogens is 234 g/mol. The third kappa shape index (κ3) is 2.15. The molecule has 2 heterocycles. The average Bonchev–Trinajstić information content (AvgIpc) is 3.07. The van der Waals surface area contributed by atoms with Crippen molar-refractivity contribution in [1.29, 1.82) is 0 Å². The summed E-state index contributed by atoms with van der Waals surface area (Å²) in [6, 6.07) is 15.8. The van der Waals surface area contributed by atoms with Crippen LogP contribution in [0.3, 0.4) is 0 Å². The van der Waals surface area contributed by atoms with Gasteiger partial charge in [0.2, 0.25) is 0 Å². The molecule has 1 N–H and O–H groups in total. The molecule has 0 spiro atoms. The predicted molar refractivity (Wildman–Crippen MR) is 77.1 cm³/mol. The number of nitrogens with one attached hydrogen (secondary N) is 1. The number of rotatable bonds is 3. The van der Waals surface area contributed by atoms with E-state index in [0.717, 1.165) is 6.54 Å². The molecule has 2 aromatic carbocycles. The fourth-order valence-electron chi connectivity index (χ4n) is 3.45. The molecule has 0 radical (unpaired) electrons. The first kappa shape index (κ1) is 11.4. The van der Waals surface area contributed by atoms with Crippen molar-refractivity contribution in [3.05, 3.63) is 48.0 Å². The van der Waals surface area contributed by atoms with Gasteiger partial charge in [0.1, 0.15) is 0 Å². The molecule has 2 aliphatic rings. The molecule has 2 aliphatic heterocycles. The molecule has 0 aliphatic carbocycles. The van der Waals surface area contributed by atoms with Gasteiger partial charge in [0, 0.05) is 12.6 Å². The molecule has 98 valence electrons. The Balaban J connectivity index is 1.46. The molecule has 2 aromatic rings. The molecule has 2 bridgehead atoms. The smallest absolute Gasteiger partial charge is 0.0733 e. The quantitative estimate of drug-likeness (QED) is 0.906. The number of ether oxygens (including phenoxy) is 1. The maximum Gasteiger partial charge on any atom is 0.0733 e. The monoisotopic (exact) mass is 253 g/mol. The standard InChI is InChI=1S/C17H19NO/c1-2-4-14-9-12(5-6-13(14)3-1)11-18-16-10-15-7-8-17(16)19-15/h1-6,9,15-18H,7-8,10-11H2. The lowest BCUT2D eigenvalue weighted by Gasteiger charge is -2.20. The van der Waals surface area contributed by atoms with Gasteiger partial charge in [0.25, 0.3) is 0 Å². The van der Waals surface area contributed by atoms with Gasteiger partial charge in [0.15, 0.2) is 0 Å². The second-order valence-electron chi connectivity index (χ2n) is 5.78. The second kappa shape index (κ2) is 4.62. The molecule has 3 unspecified atom stereocenters. The van der Waals surface area contributed by atoms with Gasteiger partial charge in [-0.25, -0.2) is 0 Å². The Morgan fingerprint density at radius 3 is 2.74 bits per heavy atom. The summed E-state index contributed by atoms with van der Waals surface area (Å²) >= 11 is 0. The van der Waals surface area contributed by atoms with Crippen molar-refractivity contribution in [3.8, 4) is 0 Å². The molecule has 2 nitrogen and oxygen atoms in total. The first-order valence-electron chi connectivity index (χ1n) is 7.25. The maximum atomic E-state index is 5.88. The van der Waals surface area contributed by atoms with E-state index in [1.165, 1.54) is 35.6 Å². The van der Waals surface area contributed by atoms with Gasteiger partial charge in [-0.15, -0.1) is 0 Å². The lowest BCUT2D eigenvalue weighted by Crippen LogP contribution is -2.36. The zero-order valence-corrected chi connectivity index (χ0v) is 11.0. The van der Waals surface area contributed by atoms with Crippen LogP contribution >= 0.6 is 0 Å². The average molecular weight is 253 g/mol. The van der Waals surface area contributed by atoms with Crippen molar-refractivity contribution in [2.75, 3.05) is 0 Å². The summed E-state index contributed by atoms with van der Waals surface area (Å²) in [5.74, 6) is 0. The Bertz CT molecular complexity index is 595. The van der Waals surface area contributed by atoms with Gasteiger partial charge in [-0.2, -0.15) is 0 Å². The van der Waals surface area contributed by atoms with Gasteiger partial charge in [-0.1, -0.05) is 36.4 Å². The molecule has 2 heteroatoms. The van der Waals surface area contributed by atoms with Crippen LogP contribution in [0.2, 0.25) is 0 Å². The van der Waals surface area contributed by atoms with Crippen LogP contribution in [0.15, 0.2) is 42.5 Å². The maximum absolute atomic E-state index is 5.88. The molecule has 0 aromatic heterocycles. The zero-order valence-electron chi connectivity index (χ0n) is 11.0. The fourth-order valence-corrected chi connectivity index (χ4v) is 3.45. The Morgan fingerprint density at radius 2 is 1.95 bits per heavy atom. The topological polar surface area (TPSA) is 21.3 Å². The van der Waals surface area contributed by atoms with Crippen molar-refractivity contribution < 1.29 is 4.74 Å². The van der Waals surface area contributed by atoms with Crippen LogP contribution < -0.4 is 5.32 Å². The Hall–Kier alpha value is -1.38. The number of fused-ring (bicyclic) bond motifs is 3. The van der Waals surface area contributed by atoms with Crippen molar-refractivity contribution in [2.24, 2.45) is 0 Å². The van der Waals surface area contributed by atoms with Crippen LogP contribution in [-0.4, -0.2) is 18.2 Å². The van der Waals surface area contributed by atoms with Crippen LogP contribution in [0.25, 0.3) is 10.8 Å². The Labute approximate surface area is 113 Å². The van der Waals surface area contributed by atoms with E-state index in [0.29, 0.717) is 18.2 Å². The summed E-state index contributed by atoms with van der Waals surface area (Å²) in [7, 11) is 0. The zero-order chi connectivity index (χ0) is 12.7. The first-order chi connectivity index (χ1) is 9.38. The van der Waals surface area contributed by atoms with Gasteiger partial charge < -0.3 is 10.1 Å². The minimum absolute atomic E-state index is 0.463. The lowest BCUT2D eigenvalue weighted by atomic mass is 9.95. The third-order valence-electron chi connectivity index (χ3n) is 4.49. The highest BCUT2D eigenvalue weighted by molar-refractivity contribution is 5.82. The SMILES string of the molecule is c1ccc2cc(CNC3CC4CCC3O4)ccc2c1. The van der Waals surface area contributed by atoms with E-state index in [4.69, 9.17) is 4.74 Å². The van der Waals surface area contributed by atoms with Crippen molar-refractivity contribution in [3.63, 3.8) is 0 Å². The summed E-state index contributed by atoms with van der Waals surface area (Å²) in [6.07, 6.45) is 4.68. The molecule has 2 fully saturated rings. The highest BCUT2D eigenvalue weighted by Gasteiger charge is 2.40. The van der Waals surface area contributed by atoms with E-state index >= 15 is 0 Å². The third-order valence-corrected chi connectivity index (χ3v) is 4.49. The number of hydrogen-bond donors (Lipinski definition) is 1. The van der Waals surface area contributed by atoms with E-state index in [9.17, 15) is 0 Å². The Morgan fingerprint density at radius 1 is 1.05 bits per heavy atom. The summed E-state index contributed by atoms with van der Waals surface area (Å²) in [5, 5.41) is 6.31. The molecule has 0 saturated carbocycles. The minimum atomic E-state index is 0.463. The van der Waals surface area contributed by atoms with Crippen LogP contribution in [0.5, 0.6) is 0 Å². The van der Waals surface area contributed by atoms with Gasteiger partial charge in [-0.05, 0) is 41.7 Å². The first-order valence-corrected chi connectivity index (χ1v) is 7.25. The molecule has 3 atom stereocenters. The molecular formula is C17H19NO. The summed E-state index contributed by atoms with van der Waals surface area (Å²) < 4.78 is 5.88. The highest BCUT2D eigenvalue weighted by Crippen LogP contribution is 2.34. The second-order valence-corrected chi connectivity index (χ2v) is 5.78. The van der Waals surface area contributed by atoms with Crippen molar-refractivity contribution in [2.45, 2.75) is 44.1 Å². The largest absolute Gasteiger partial charge is 0.373 e. The summed E-state index contributed by atoms with van der Waals surface area (Å²) in [5.41, 5.74) is 1.36. The lowest BCUT2D eigenvalue weighted by molar-refractivity contribution is 0.0973. The van der Waals surface area contributed by atoms with E-state index in [2.05, 4.69) is 47.8 Å². The van der Waals surface area contributed by atoms with E-state index in [1.54, 1.807) is 0 Å². The highest BCUT2D eigenvalue weighted by atomic mass is 16.5. The van der Waals surface area contributed by atoms with E-state index in [1.807, 2.05) is 0 Å². The molecule has 2 saturated heterocycles. The molecule has 4 rings (SSSR count). The predicted octanol–water partition coefficient (Wildman–Crippen LogP) is 3.25. The normalized spacial score (nSPS) is 29.2. The van der Waals surface area contributed by atoms with Gasteiger partial charge in [-0.3, -0.25) is 0 Å². The summed E-state index contributed by atoms with van der Waals surface area (Å²) in [6.45, 7) is 0.947. The van der Waals surface area contributed by atoms with Gasteiger partial charge in [0.05, 0.1) is 12.2 Å². The van der Waals surface area contributed by atoms with Crippen LogP contribution in [0.4, 0.5) is 0 Å². The fraction of sp³-hybridized carbons (Fsp3) is 0.412. The van der Waals surface area contributed by atoms with Crippen molar-refractivity contribution in [1.82, 2.24) is 5.32 Å². The van der Waals surface area contributed by atoms with Crippen molar-refractivity contribution >= 4 is 10.8 Å². The summed E-state index contributed by atoms with van der Waals surface area (Å²) in [4.78, 5) is 0. The van der Waals surface area contributed by atoms with Crippen LogP contribution in [0.1, 0.15) is 24.8 Å². The minimum Gasteiger partial charge on any atom is -0.373 e. The van der Waals surface area contributed by atoms with Gasteiger partial charge >= 0.3 is 0 Å². The van der Waals surface area contributed by atoms with Crippen LogP contribution in [0, 0.1) is 0 Å². The molecule has 0 amide bonds. The molecule has 19 heavy (non-hydrogen) atoms. The Kier molecular flexibility index (Phi) is 2.78. The number of benzene rings is 2. The van der Waals surface area contributed by atoms with E-state index < -0.39 is 0 Å². The van der Waals surface area contributed by atoms with E-state index in [-0.39, 0.29) is 0 Å². The number of hydrogen-bond acceptors (Lipinski definition) is 2.